The van der Waals surface area contributed by atoms with Gasteiger partial charge >= 0.3 is 0 Å². The second kappa shape index (κ2) is 6.25. The minimum atomic E-state index is -0.0356. The maximum Gasteiger partial charge on any atom is 0.0595 e. The molecule has 3 nitrogen and oxygen atoms in total. The molecule has 19 heavy (non-hydrogen) atoms. The molecular formula is C15H23BrN2O. The highest BCUT2D eigenvalue weighted by Crippen LogP contribution is 2.31. The first-order valence-electron chi connectivity index (χ1n) is 6.94. The van der Waals surface area contributed by atoms with Gasteiger partial charge in [0.2, 0.25) is 0 Å². The maximum atomic E-state index is 6.05. The molecule has 3 N–H and O–H groups in total. The minimum absolute atomic E-state index is 0.0356. The van der Waals surface area contributed by atoms with E-state index in [1.807, 2.05) is 0 Å². The normalized spacial score (nSPS) is 27.3. The van der Waals surface area contributed by atoms with E-state index in [-0.39, 0.29) is 5.54 Å². The molecule has 0 spiro atoms. The van der Waals surface area contributed by atoms with E-state index in [0.717, 1.165) is 36.0 Å². The van der Waals surface area contributed by atoms with Gasteiger partial charge in [-0.3, -0.25) is 0 Å². The lowest BCUT2D eigenvalue weighted by molar-refractivity contribution is -0.0125. The molecule has 0 saturated carbocycles. The summed E-state index contributed by atoms with van der Waals surface area (Å²) < 4.78 is 6.86. The number of ether oxygens (including phenoxy) is 1. The Bertz CT molecular complexity index is 418. The quantitative estimate of drug-likeness (QED) is 0.890. The van der Waals surface area contributed by atoms with Gasteiger partial charge < -0.3 is 15.8 Å². The second-order valence-corrected chi connectivity index (χ2v) is 6.40. The van der Waals surface area contributed by atoms with Crippen molar-refractivity contribution in [1.29, 1.82) is 0 Å². The number of anilines is 1. The van der Waals surface area contributed by atoms with Gasteiger partial charge in [-0.1, -0.05) is 22.9 Å². The summed E-state index contributed by atoms with van der Waals surface area (Å²) in [5.41, 5.74) is 8.39. The largest absolute Gasteiger partial charge is 0.378 e. The molecule has 2 unspecified atom stereocenters. The van der Waals surface area contributed by atoms with Crippen LogP contribution in [0.4, 0.5) is 5.69 Å². The van der Waals surface area contributed by atoms with Crippen LogP contribution < -0.4 is 11.1 Å². The topological polar surface area (TPSA) is 47.3 Å². The fraction of sp³-hybridized carbons (Fsp3) is 0.600. The Morgan fingerprint density at radius 1 is 1.47 bits per heavy atom. The van der Waals surface area contributed by atoms with Gasteiger partial charge in [-0.05, 0) is 49.9 Å². The van der Waals surface area contributed by atoms with E-state index in [1.165, 1.54) is 5.56 Å². The van der Waals surface area contributed by atoms with Gasteiger partial charge in [0.1, 0.15) is 0 Å². The monoisotopic (exact) mass is 326 g/mol. The van der Waals surface area contributed by atoms with E-state index in [1.54, 1.807) is 0 Å². The average molecular weight is 327 g/mol. The predicted molar refractivity (Wildman–Crippen MR) is 83.6 cm³/mol. The number of hydrogen-bond donors (Lipinski definition) is 2. The van der Waals surface area contributed by atoms with Crippen LogP contribution in [0, 0.1) is 6.92 Å². The van der Waals surface area contributed by atoms with Crippen LogP contribution in [0.15, 0.2) is 22.7 Å². The lowest BCUT2D eigenvalue weighted by Gasteiger charge is -2.41. The Balaban J connectivity index is 2.17. The van der Waals surface area contributed by atoms with Crippen LogP contribution in [-0.2, 0) is 4.74 Å². The molecule has 1 aliphatic rings. The maximum absolute atomic E-state index is 6.05. The Morgan fingerprint density at radius 3 is 2.89 bits per heavy atom. The van der Waals surface area contributed by atoms with Crippen molar-refractivity contribution in [2.45, 2.75) is 44.8 Å². The fourth-order valence-corrected chi connectivity index (χ4v) is 3.35. The first kappa shape index (κ1) is 14.8. The number of aryl methyl sites for hydroxylation is 1. The highest BCUT2D eigenvalue weighted by molar-refractivity contribution is 9.10. The first-order valence-corrected chi connectivity index (χ1v) is 7.73. The molecule has 1 aromatic carbocycles. The van der Waals surface area contributed by atoms with Gasteiger partial charge in [0, 0.05) is 23.3 Å². The number of benzene rings is 1. The molecule has 0 amide bonds. The van der Waals surface area contributed by atoms with Gasteiger partial charge in [-0.15, -0.1) is 0 Å². The molecule has 2 rings (SSSR count). The molecule has 1 aromatic rings. The lowest BCUT2D eigenvalue weighted by Crippen LogP contribution is -2.52. The zero-order chi connectivity index (χ0) is 13.9. The van der Waals surface area contributed by atoms with Gasteiger partial charge in [0.05, 0.1) is 11.6 Å². The zero-order valence-corrected chi connectivity index (χ0v) is 13.3. The third kappa shape index (κ3) is 3.71. The van der Waals surface area contributed by atoms with Gasteiger partial charge in [0.25, 0.3) is 0 Å². The van der Waals surface area contributed by atoms with Gasteiger partial charge in [0.15, 0.2) is 0 Å². The molecule has 0 bridgehead atoms. The molecule has 1 heterocycles. The van der Waals surface area contributed by atoms with E-state index in [4.69, 9.17) is 10.5 Å². The van der Waals surface area contributed by atoms with Crippen LogP contribution in [-0.4, -0.2) is 24.8 Å². The third-order valence-corrected chi connectivity index (χ3v) is 4.31. The van der Waals surface area contributed by atoms with Crippen LogP contribution in [0.3, 0.4) is 0 Å². The molecule has 4 heteroatoms. The number of hydrogen-bond acceptors (Lipinski definition) is 3. The summed E-state index contributed by atoms with van der Waals surface area (Å²) in [5, 5.41) is 3.66. The second-order valence-electron chi connectivity index (χ2n) is 5.48. The Labute approximate surface area is 124 Å². The number of nitrogens with two attached hydrogens (primary N) is 1. The first-order chi connectivity index (χ1) is 9.07. The van der Waals surface area contributed by atoms with Crippen LogP contribution in [0.2, 0.25) is 0 Å². The minimum Gasteiger partial charge on any atom is -0.378 e. The van der Waals surface area contributed by atoms with E-state index in [9.17, 15) is 0 Å². The van der Waals surface area contributed by atoms with Crippen LogP contribution in [0.5, 0.6) is 0 Å². The van der Waals surface area contributed by atoms with Gasteiger partial charge in [-0.2, -0.15) is 0 Å². The lowest BCUT2D eigenvalue weighted by atomic mass is 9.85. The molecule has 0 radical (unpaired) electrons. The molecule has 1 fully saturated rings. The average Bonchev–Trinajstić information content (AvgIpc) is 2.37. The summed E-state index contributed by atoms with van der Waals surface area (Å²) in [6.07, 6.45) is 3.30. The molecule has 0 aliphatic carbocycles. The van der Waals surface area contributed by atoms with Crippen molar-refractivity contribution in [3.63, 3.8) is 0 Å². The van der Waals surface area contributed by atoms with Crippen molar-refractivity contribution in [3.8, 4) is 0 Å². The highest BCUT2D eigenvalue weighted by Gasteiger charge is 2.35. The summed E-state index contributed by atoms with van der Waals surface area (Å²) in [7, 11) is 0. The van der Waals surface area contributed by atoms with Crippen molar-refractivity contribution in [2.75, 3.05) is 18.5 Å². The Morgan fingerprint density at radius 2 is 2.26 bits per heavy atom. The molecule has 106 valence electrons. The van der Waals surface area contributed by atoms with E-state index in [0.29, 0.717) is 12.6 Å². The zero-order valence-electron chi connectivity index (χ0n) is 11.7. The number of nitrogens with one attached hydrogen (secondary N) is 1. The standard InChI is InChI=1S/C15H23BrN2O/c1-3-14-9-15(10-17,4-5-19-14)18-13-7-11(2)6-12(16)8-13/h6-8,14,18H,3-5,9-10,17H2,1-2H3. The summed E-state index contributed by atoms with van der Waals surface area (Å²) in [6.45, 7) is 5.69. The van der Waals surface area contributed by atoms with Crippen LogP contribution in [0.1, 0.15) is 31.7 Å². The summed E-state index contributed by atoms with van der Waals surface area (Å²) >= 11 is 3.55. The molecule has 0 aromatic heterocycles. The number of halogens is 1. The molecule has 2 atom stereocenters. The van der Waals surface area contributed by atoms with Crippen molar-refractivity contribution in [3.05, 3.63) is 28.2 Å². The van der Waals surface area contributed by atoms with E-state index in [2.05, 4.69) is 53.3 Å². The van der Waals surface area contributed by atoms with Crippen molar-refractivity contribution >= 4 is 21.6 Å². The molecular weight excluding hydrogens is 304 g/mol. The molecule has 1 saturated heterocycles. The van der Waals surface area contributed by atoms with Crippen molar-refractivity contribution < 1.29 is 4.74 Å². The smallest absolute Gasteiger partial charge is 0.0595 e. The Kier molecular flexibility index (Phi) is 4.87. The summed E-state index contributed by atoms with van der Waals surface area (Å²) in [4.78, 5) is 0. The van der Waals surface area contributed by atoms with E-state index >= 15 is 0 Å². The fourth-order valence-electron chi connectivity index (χ4n) is 2.74. The summed E-state index contributed by atoms with van der Waals surface area (Å²) in [5.74, 6) is 0. The number of rotatable bonds is 4. The predicted octanol–water partition coefficient (Wildman–Crippen LogP) is 3.46. The Hall–Kier alpha value is -0.580. The van der Waals surface area contributed by atoms with Crippen LogP contribution in [0.25, 0.3) is 0 Å². The third-order valence-electron chi connectivity index (χ3n) is 3.85. The highest BCUT2D eigenvalue weighted by atomic mass is 79.9. The van der Waals surface area contributed by atoms with Crippen molar-refractivity contribution in [1.82, 2.24) is 0 Å². The molecule has 1 aliphatic heterocycles. The van der Waals surface area contributed by atoms with E-state index < -0.39 is 0 Å². The van der Waals surface area contributed by atoms with Gasteiger partial charge in [-0.25, -0.2) is 0 Å². The van der Waals surface area contributed by atoms with Crippen LogP contribution >= 0.6 is 15.9 Å². The SMILES string of the molecule is CCC1CC(CN)(Nc2cc(C)cc(Br)c2)CCO1. The summed E-state index contributed by atoms with van der Waals surface area (Å²) in [6, 6.07) is 6.39. The van der Waals surface area contributed by atoms with Crippen molar-refractivity contribution in [2.24, 2.45) is 5.73 Å².